The molecular weight excluding hydrogens is 304 g/mol. The molecule has 4 nitrogen and oxygen atoms in total. The first-order valence-electron chi connectivity index (χ1n) is 9.24. The average molecular weight is 336 g/mol. The van der Waals surface area contributed by atoms with E-state index in [-0.39, 0.29) is 23.7 Å². The molecule has 2 N–H and O–H groups in total. The number of allylic oxidation sites excluding steroid dienone is 1. The summed E-state index contributed by atoms with van der Waals surface area (Å²) in [7, 11) is 0. The monoisotopic (exact) mass is 336 g/mol. The van der Waals surface area contributed by atoms with Gasteiger partial charge in [-0.25, -0.2) is 0 Å². The zero-order valence-corrected chi connectivity index (χ0v) is 15.3. The summed E-state index contributed by atoms with van der Waals surface area (Å²) >= 11 is 0. The third-order valence-corrected chi connectivity index (χ3v) is 6.98. The van der Waals surface area contributed by atoms with E-state index in [9.17, 15) is 14.7 Å². The van der Waals surface area contributed by atoms with Gasteiger partial charge in [-0.05, 0) is 68.6 Å². The van der Waals surface area contributed by atoms with Gasteiger partial charge >= 0.3 is 11.9 Å². The van der Waals surface area contributed by atoms with Gasteiger partial charge in [0.2, 0.25) is 0 Å². The number of hydrogen-bond acceptors (Lipinski definition) is 2. The summed E-state index contributed by atoms with van der Waals surface area (Å²) in [5.41, 5.74) is 0.577. The molecule has 0 amide bonds. The van der Waals surface area contributed by atoms with Crippen molar-refractivity contribution in [2.45, 2.75) is 72.1 Å². The van der Waals surface area contributed by atoms with Crippen LogP contribution in [0.3, 0.4) is 0 Å². The third kappa shape index (κ3) is 3.38. The topological polar surface area (TPSA) is 74.6 Å². The van der Waals surface area contributed by atoms with Gasteiger partial charge in [-0.2, -0.15) is 0 Å². The molecular formula is C20H32O4. The van der Waals surface area contributed by atoms with E-state index in [1.54, 1.807) is 0 Å². The lowest BCUT2D eigenvalue weighted by atomic mass is 9.46. The van der Waals surface area contributed by atoms with E-state index in [4.69, 9.17) is 5.11 Å². The van der Waals surface area contributed by atoms with E-state index in [0.717, 1.165) is 44.9 Å². The van der Waals surface area contributed by atoms with Crippen LogP contribution < -0.4 is 0 Å². The molecule has 24 heavy (non-hydrogen) atoms. The highest BCUT2D eigenvalue weighted by molar-refractivity contribution is 5.75. The van der Waals surface area contributed by atoms with E-state index in [2.05, 4.69) is 13.5 Å². The molecule has 0 aromatic carbocycles. The molecule has 136 valence electrons. The van der Waals surface area contributed by atoms with Crippen LogP contribution in [0.4, 0.5) is 0 Å². The summed E-state index contributed by atoms with van der Waals surface area (Å²) in [5, 5.41) is 18.8. The predicted octanol–water partition coefficient (Wildman–Crippen LogP) is 4.74. The Hall–Kier alpha value is -1.32. The number of carboxylic acid groups (broad SMARTS) is 2. The van der Waals surface area contributed by atoms with Gasteiger partial charge in [0, 0.05) is 6.42 Å². The molecule has 2 rings (SSSR count). The van der Waals surface area contributed by atoms with Crippen molar-refractivity contribution in [1.82, 2.24) is 0 Å². The number of hydrogen-bond donors (Lipinski definition) is 2. The molecule has 0 aromatic heterocycles. The highest BCUT2D eigenvalue weighted by Crippen LogP contribution is 2.62. The summed E-state index contributed by atoms with van der Waals surface area (Å²) in [4.78, 5) is 22.9. The fraction of sp³-hybridized carbons (Fsp3) is 0.800. The summed E-state index contributed by atoms with van der Waals surface area (Å²) in [5.74, 6) is -0.768. The standard InChI is InChI=1S/C20H32O4/c1-13(12-17(21)22)6-8-15-14(2)7-9-16-19(15,3)10-5-11-20(16,4)18(23)24/h13,15-16H,2,5-12H2,1,3-4H3,(H,21,22)(H,23,24)/t13-,15+,16+,19-,20+/m1/s1. The molecule has 0 radical (unpaired) electrons. The zero-order valence-electron chi connectivity index (χ0n) is 15.3. The van der Waals surface area contributed by atoms with Crippen LogP contribution in [0, 0.1) is 28.6 Å². The first kappa shape index (κ1) is 19.0. The Bertz CT molecular complexity index is 526. The average Bonchev–Trinajstić information content (AvgIpc) is 2.45. The van der Waals surface area contributed by atoms with E-state index in [1.807, 2.05) is 13.8 Å². The first-order valence-corrected chi connectivity index (χ1v) is 9.24. The molecule has 0 saturated heterocycles. The van der Waals surface area contributed by atoms with Crippen molar-refractivity contribution in [3.8, 4) is 0 Å². The maximum absolute atomic E-state index is 12.0. The maximum atomic E-state index is 12.0. The molecule has 0 unspecified atom stereocenters. The lowest BCUT2D eigenvalue weighted by Crippen LogP contribution is -2.53. The van der Waals surface area contributed by atoms with Crippen LogP contribution >= 0.6 is 0 Å². The Kier molecular flexibility index (Phi) is 5.46. The second kappa shape index (κ2) is 6.89. The summed E-state index contributed by atoms with van der Waals surface area (Å²) < 4.78 is 0. The minimum absolute atomic E-state index is 0.0241. The van der Waals surface area contributed by atoms with Crippen LogP contribution in [0.25, 0.3) is 0 Å². The minimum Gasteiger partial charge on any atom is -0.481 e. The van der Waals surface area contributed by atoms with Gasteiger partial charge in [0.25, 0.3) is 0 Å². The van der Waals surface area contributed by atoms with Crippen molar-refractivity contribution < 1.29 is 19.8 Å². The molecule has 5 atom stereocenters. The van der Waals surface area contributed by atoms with E-state index in [1.165, 1.54) is 5.57 Å². The predicted molar refractivity (Wildman–Crippen MR) is 93.7 cm³/mol. The molecule has 2 aliphatic rings. The fourth-order valence-corrected chi connectivity index (χ4v) is 5.59. The van der Waals surface area contributed by atoms with Gasteiger partial charge in [0.05, 0.1) is 5.41 Å². The van der Waals surface area contributed by atoms with Gasteiger partial charge in [-0.15, -0.1) is 0 Å². The maximum Gasteiger partial charge on any atom is 0.309 e. The molecule has 0 aromatic rings. The fourth-order valence-electron chi connectivity index (χ4n) is 5.59. The molecule has 2 saturated carbocycles. The van der Waals surface area contributed by atoms with Crippen molar-refractivity contribution >= 4 is 11.9 Å². The Labute approximate surface area is 145 Å². The van der Waals surface area contributed by atoms with Crippen LogP contribution in [0.5, 0.6) is 0 Å². The number of fused-ring (bicyclic) bond motifs is 1. The molecule has 0 aliphatic heterocycles. The van der Waals surface area contributed by atoms with Crippen molar-refractivity contribution in [2.24, 2.45) is 28.6 Å². The second-order valence-electron chi connectivity index (χ2n) is 8.66. The van der Waals surface area contributed by atoms with Crippen LogP contribution in [0.15, 0.2) is 12.2 Å². The summed E-state index contributed by atoms with van der Waals surface area (Å²) in [6.45, 7) is 10.5. The van der Waals surface area contributed by atoms with Gasteiger partial charge in [0.15, 0.2) is 0 Å². The van der Waals surface area contributed by atoms with E-state index >= 15 is 0 Å². The van der Waals surface area contributed by atoms with Crippen LogP contribution in [0.1, 0.15) is 72.1 Å². The Balaban J connectivity index is 2.19. The van der Waals surface area contributed by atoms with E-state index < -0.39 is 17.4 Å². The molecule has 4 heteroatoms. The van der Waals surface area contributed by atoms with Crippen molar-refractivity contribution in [2.75, 3.05) is 0 Å². The Morgan fingerprint density at radius 3 is 2.54 bits per heavy atom. The van der Waals surface area contributed by atoms with Gasteiger partial charge in [-0.1, -0.05) is 32.4 Å². The van der Waals surface area contributed by atoms with Crippen molar-refractivity contribution in [3.63, 3.8) is 0 Å². The highest BCUT2D eigenvalue weighted by atomic mass is 16.4. The van der Waals surface area contributed by atoms with Gasteiger partial charge in [-0.3, -0.25) is 9.59 Å². The van der Waals surface area contributed by atoms with Gasteiger partial charge < -0.3 is 10.2 Å². The van der Waals surface area contributed by atoms with Gasteiger partial charge in [0.1, 0.15) is 0 Å². The Morgan fingerprint density at radius 1 is 1.29 bits per heavy atom. The minimum atomic E-state index is -0.745. The van der Waals surface area contributed by atoms with Crippen molar-refractivity contribution in [1.29, 1.82) is 0 Å². The molecule has 0 bridgehead atoms. The second-order valence-corrected chi connectivity index (χ2v) is 8.66. The normalized spacial score (nSPS) is 37.5. The van der Waals surface area contributed by atoms with E-state index in [0.29, 0.717) is 5.92 Å². The molecule has 0 spiro atoms. The lowest BCUT2D eigenvalue weighted by Gasteiger charge is -2.57. The van der Waals surface area contributed by atoms with Crippen LogP contribution in [0.2, 0.25) is 0 Å². The summed E-state index contributed by atoms with van der Waals surface area (Å²) in [6, 6.07) is 0. The first-order chi connectivity index (χ1) is 11.1. The van der Waals surface area contributed by atoms with Crippen LogP contribution in [-0.2, 0) is 9.59 Å². The quantitative estimate of drug-likeness (QED) is 0.687. The summed E-state index contributed by atoms with van der Waals surface area (Å²) in [6.07, 6.45) is 6.57. The number of carboxylic acids is 2. The Morgan fingerprint density at radius 2 is 1.96 bits per heavy atom. The number of rotatable bonds is 6. The number of carbonyl (C=O) groups is 2. The largest absolute Gasteiger partial charge is 0.481 e. The van der Waals surface area contributed by atoms with Crippen LogP contribution in [-0.4, -0.2) is 22.2 Å². The highest BCUT2D eigenvalue weighted by Gasteiger charge is 2.57. The third-order valence-electron chi connectivity index (χ3n) is 6.98. The molecule has 2 aliphatic carbocycles. The molecule has 2 fully saturated rings. The SMILES string of the molecule is C=C1CC[C@H]2[C@](C)(CCC[C@]2(C)C(=O)O)[C@H]1CC[C@@H](C)CC(=O)O. The van der Waals surface area contributed by atoms with Crippen molar-refractivity contribution in [3.05, 3.63) is 12.2 Å². The smallest absolute Gasteiger partial charge is 0.309 e. The lowest BCUT2D eigenvalue weighted by molar-refractivity contribution is -0.164. The molecule has 0 heterocycles. The number of aliphatic carboxylic acids is 2. The zero-order chi connectivity index (χ0) is 18.1.